The predicted octanol–water partition coefficient (Wildman–Crippen LogP) is 6.82. The molecular weight excluding hydrogens is 284 g/mol. The lowest BCUT2D eigenvalue weighted by Gasteiger charge is -2.16. The second-order valence-corrected chi connectivity index (χ2v) is 7.68. The normalized spacial score (nSPS) is 23.5. The van der Waals surface area contributed by atoms with E-state index in [2.05, 4.69) is 27.7 Å². The first-order chi connectivity index (χ1) is 11.1. The summed E-state index contributed by atoms with van der Waals surface area (Å²) in [4.78, 5) is 0. The fraction of sp³-hybridized carbons (Fsp3) is 0.952. The minimum Gasteiger partial charge on any atom is -0.345 e. The highest BCUT2D eigenvalue weighted by molar-refractivity contribution is 4.81. The highest BCUT2D eigenvalue weighted by Crippen LogP contribution is 2.33. The van der Waals surface area contributed by atoms with Gasteiger partial charge < -0.3 is 9.47 Å². The summed E-state index contributed by atoms with van der Waals surface area (Å²) in [5.74, 6) is -0.384. The van der Waals surface area contributed by atoms with E-state index < -0.39 is 0 Å². The monoisotopic (exact) mass is 325 g/mol. The quantitative estimate of drug-likeness (QED) is 0.326. The highest BCUT2D eigenvalue weighted by Gasteiger charge is 2.40. The Kier molecular flexibility index (Phi) is 11.2. The lowest BCUT2D eigenvalue weighted by atomic mass is 10.00. The van der Waals surface area contributed by atoms with Gasteiger partial charge in [0.25, 0.3) is 0 Å². The third-order valence-corrected chi connectivity index (χ3v) is 4.87. The Morgan fingerprint density at radius 3 is 1.61 bits per heavy atom. The molecule has 2 unspecified atom stereocenters. The molecular formula is C21H41O2. The molecule has 137 valence electrons. The van der Waals surface area contributed by atoms with Crippen molar-refractivity contribution in [1.29, 1.82) is 0 Å². The molecule has 1 radical (unpaired) electrons. The van der Waals surface area contributed by atoms with E-state index in [1.54, 1.807) is 0 Å². The smallest absolute Gasteiger partial charge is 0.163 e. The minimum absolute atomic E-state index is 0.313. The maximum Gasteiger partial charge on any atom is 0.163 e. The molecule has 1 rings (SSSR count). The Hall–Kier alpha value is -0.0800. The predicted molar refractivity (Wildman–Crippen MR) is 99.5 cm³/mol. The molecule has 0 aliphatic carbocycles. The van der Waals surface area contributed by atoms with Crippen LogP contribution in [0.3, 0.4) is 0 Å². The average Bonchev–Trinajstić information content (AvgIpc) is 2.80. The third-order valence-electron chi connectivity index (χ3n) is 4.87. The van der Waals surface area contributed by atoms with Crippen molar-refractivity contribution in [3.05, 3.63) is 6.92 Å². The van der Waals surface area contributed by atoms with E-state index in [4.69, 9.17) is 9.47 Å². The molecule has 0 amide bonds. The lowest BCUT2D eigenvalue weighted by molar-refractivity contribution is -0.147. The molecule has 0 N–H and O–H groups in total. The van der Waals surface area contributed by atoms with Crippen molar-refractivity contribution < 1.29 is 9.47 Å². The summed E-state index contributed by atoms with van der Waals surface area (Å²) in [5, 5.41) is 0. The molecule has 1 saturated heterocycles. The van der Waals surface area contributed by atoms with Gasteiger partial charge in [-0.15, -0.1) is 0 Å². The van der Waals surface area contributed by atoms with Crippen LogP contribution in [0.4, 0.5) is 0 Å². The van der Waals surface area contributed by atoms with Crippen LogP contribution < -0.4 is 0 Å². The summed E-state index contributed by atoms with van der Waals surface area (Å²) in [6.45, 7) is 10.3. The van der Waals surface area contributed by atoms with Crippen molar-refractivity contribution in [3.8, 4) is 0 Å². The zero-order valence-electron chi connectivity index (χ0n) is 16.1. The topological polar surface area (TPSA) is 18.5 Å². The van der Waals surface area contributed by atoms with Crippen molar-refractivity contribution in [2.24, 2.45) is 0 Å². The van der Waals surface area contributed by atoms with Crippen molar-refractivity contribution in [2.75, 3.05) is 0 Å². The SMILES string of the molecule is [CH2]CCCCCCCC1OC(C)(C)OC1CCCCCCCC. The van der Waals surface area contributed by atoms with Crippen LogP contribution in [0.5, 0.6) is 0 Å². The molecule has 1 aliphatic heterocycles. The third kappa shape index (κ3) is 9.72. The van der Waals surface area contributed by atoms with Crippen LogP contribution in [0, 0.1) is 6.92 Å². The molecule has 1 fully saturated rings. The Morgan fingerprint density at radius 2 is 1.13 bits per heavy atom. The van der Waals surface area contributed by atoms with Crippen molar-refractivity contribution in [1.82, 2.24) is 0 Å². The van der Waals surface area contributed by atoms with Crippen molar-refractivity contribution in [2.45, 2.75) is 129 Å². The Morgan fingerprint density at radius 1 is 0.696 bits per heavy atom. The Balaban J connectivity index is 2.17. The van der Waals surface area contributed by atoms with Crippen molar-refractivity contribution >= 4 is 0 Å². The standard InChI is InChI=1S/C21H41O2/c1-5-7-9-11-13-15-17-19-20(23-21(3,4)22-19)18-16-14-12-10-8-6-2/h19-20H,1,5-18H2,2-4H3. The molecule has 0 bridgehead atoms. The van der Waals surface area contributed by atoms with Gasteiger partial charge in [0.15, 0.2) is 5.79 Å². The lowest BCUT2D eigenvalue weighted by Crippen LogP contribution is -2.22. The molecule has 0 aromatic heterocycles. The number of hydrogen-bond donors (Lipinski definition) is 0. The van der Waals surface area contributed by atoms with E-state index in [0.717, 1.165) is 12.8 Å². The molecule has 2 atom stereocenters. The van der Waals surface area contributed by atoms with E-state index in [1.807, 2.05) is 0 Å². The van der Waals surface area contributed by atoms with Gasteiger partial charge in [-0.3, -0.25) is 0 Å². The van der Waals surface area contributed by atoms with E-state index in [-0.39, 0.29) is 5.79 Å². The van der Waals surface area contributed by atoms with Gasteiger partial charge in [0.1, 0.15) is 0 Å². The van der Waals surface area contributed by atoms with E-state index in [0.29, 0.717) is 12.2 Å². The summed E-state index contributed by atoms with van der Waals surface area (Å²) in [6, 6.07) is 0. The summed E-state index contributed by atoms with van der Waals surface area (Å²) < 4.78 is 12.3. The van der Waals surface area contributed by atoms with E-state index >= 15 is 0 Å². The second-order valence-electron chi connectivity index (χ2n) is 7.68. The molecule has 1 heterocycles. The number of hydrogen-bond acceptors (Lipinski definition) is 2. The largest absolute Gasteiger partial charge is 0.345 e. The van der Waals surface area contributed by atoms with Crippen LogP contribution >= 0.6 is 0 Å². The summed E-state index contributed by atoms with van der Waals surface area (Å²) >= 11 is 0. The summed E-state index contributed by atoms with van der Waals surface area (Å²) in [5.41, 5.74) is 0. The maximum atomic E-state index is 6.15. The molecule has 2 nitrogen and oxygen atoms in total. The molecule has 0 saturated carbocycles. The first-order valence-electron chi connectivity index (χ1n) is 10.2. The summed E-state index contributed by atoms with van der Waals surface area (Å²) in [7, 11) is 0. The molecule has 23 heavy (non-hydrogen) atoms. The fourth-order valence-electron chi connectivity index (χ4n) is 3.58. The highest BCUT2D eigenvalue weighted by atomic mass is 16.7. The van der Waals surface area contributed by atoms with Crippen molar-refractivity contribution in [3.63, 3.8) is 0 Å². The Labute approximate surface area is 145 Å². The average molecular weight is 326 g/mol. The maximum absolute atomic E-state index is 6.15. The number of ether oxygens (including phenoxy) is 2. The van der Waals surface area contributed by atoms with Crippen LogP contribution in [-0.2, 0) is 9.47 Å². The Bertz CT molecular complexity index is 249. The van der Waals surface area contributed by atoms with Gasteiger partial charge in [0, 0.05) is 0 Å². The molecule has 0 aromatic rings. The number of unbranched alkanes of at least 4 members (excludes halogenated alkanes) is 10. The van der Waals surface area contributed by atoms with Gasteiger partial charge in [0.2, 0.25) is 0 Å². The zero-order valence-corrected chi connectivity index (χ0v) is 16.1. The summed E-state index contributed by atoms with van der Waals surface area (Å²) in [6.07, 6.45) is 18.7. The fourth-order valence-corrected chi connectivity index (χ4v) is 3.58. The zero-order chi connectivity index (χ0) is 17.0. The van der Waals surface area contributed by atoms with Gasteiger partial charge in [0.05, 0.1) is 12.2 Å². The molecule has 1 aliphatic rings. The van der Waals surface area contributed by atoms with Gasteiger partial charge in [-0.05, 0) is 26.7 Å². The minimum atomic E-state index is -0.384. The molecule has 2 heteroatoms. The van der Waals surface area contributed by atoms with Gasteiger partial charge in [-0.2, -0.15) is 0 Å². The second kappa shape index (κ2) is 12.3. The molecule has 0 spiro atoms. The van der Waals surface area contributed by atoms with Gasteiger partial charge >= 0.3 is 0 Å². The van der Waals surface area contributed by atoms with Crippen LogP contribution in [0.1, 0.15) is 111 Å². The first kappa shape index (κ1) is 21.0. The van der Waals surface area contributed by atoms with Crippen LogP contribution in [0.25, 0.3) is 0 Å². The molecule has 0 aromatic carbocycles. The van der Waals surface area contributed by atoms with E-state index in [1.165, 1.54) is 77.0 Å². The van der Waals surface area contributed by atoms with Crippen LogP contribution in [-0.4, -0.2) is 18.0 Å². The first-order valence-corrected chi connectivity index (χ1v) is 10.2. The van der Waals surface area contributed by atoms with Gasteiger partial charge in [-0.1, -0.05) is 90.9 Å². The van der Waals surface area contributed by atoms with E-state index in [9.17, 15) is 0 Å². The van der Waals surface area contributed by atoms with Gasteiger partial charge in [-0.25, -0.2) is 0 Å². The number of rotatable bonds is 14. The van der Waals surface area contributed by atoms with Crippen LogP contribution in [0.15, 0.2) is 0 Å². The van der Waals surface area contributed by atoms with Crippen LogP contribution in [0.2, 0.25) is 0 Å².